The minimum absolute atomic E-state index is 0.0150. The smallest absolute Gasteiger partial charge is 0.223 e. The number of carbonyl (C=O) groups is 1. The number of amides is 1. The SMILES string of the molecule is CC(N)CCCC(C)C(=O)N[C@@H](C)c1ccco1. The van der Waals surface area contributed by atoms with Gasteiger partial charge in [0.05, 0.1) is 12.3 Å². The molecule has 1 amide bonds. The van der Waals surface area contributed by atoms with Gasteiger partial charge in [0.2, 0.25) is 5.91 Å². The first-order valence-electron chi connectivity index (χ1n) is 6.60. The van der Waals surface area contributed by atoms with Gasteiger partial charge in [0.25, 0.3) is 0 Å². The standard InChI is InChI=1S/C14H24N2O2/c1-10(6-4-7-11(2)15)14(17)16-12(3)13-8-5-9-18-13/h5,8-12H,4,6-7,15H2,1-3H3,(H,16,17)/t10?,11?,12-/m0/s1. The van der Waals surface area contributed by atoms with E-state index >= 15 is 0 Å². The highest BCUT2D eigenvalue weighted by molar-refractivity contribution is 5.78. The van der Waals surface area contributed by atoms with E-state index in [0.29, 0.717) is 0 Å². The first-order valence-corrected chi connectivity index (χ1v) is 6.60. The van der Waals surface area contributed by atoms with Crippen LogP contribution in [0.1, 0.15) is 51.8 Å². The highest BCUT2D eigenvalue weighted by Crippen LogP contribution is 2.15. The molecule has 0 saturated carbocycles. The minimum atomic E-state index is -0.0802. The summed E-state index contributed by atoms with van der Waals surface area (Å²) in [6.07, 6.45) is 4.44. The zero-order chi connectivity index (χ0) is 13.5. The normalized spacial score (nSPS) is 16.0. The van der Waals surface area contributed by atoms with Crippen LogP contribution in [-0.4, -0.2) is 11.9 Å². The van der Waals surface area contributed by atoms with Gasteiger partial charge in [-0.25, -0.2) is 0 Å². The highest BCUT2D eigenvalue weighted by atomic mass is 16.3. The summed E-state index contributed by atoms with van der Waals surface area (Å²) in [5.41, 5.74) is 5.69. The van der Waals surface area contributed by atoms with Crippen LogP contribution in [0.25, 0.3) is 0 Å². The topological polar surface area (TPSA) is 68.3 Å². The average Bonchev–Trinajstić information content (AvgIpc) is 2.81. The Labute approximate surface area is 109 Å². The van der Waals surface area contributed by atoms with Crippen molar-refractivity contribution in [2.45, 2.75) is 52.1 Å². The molecule has 2 unspecified atom stereocenters. The van der Waals surface area contributed by atoms with Crippen molar-refractivity contribution in [3.63, 3.8) is 0 Å². The Kier molecular flexibility index (Phi) is 5.92. The van der Waals surface area contributed by atoms with E-state index in [1.165, 1.54) is 0 Å². The molecule has 102 valence electrons. The van der Waals surface area contributed by atoms with Gasteiger partial charge in [0, 0.05) is 12.0 Å². The fraction of sp³-hybridized carbons (Fsp3) is 0.643. The Morgan fingerprint density at radius 3 is 2.67 bits per heavy atom. The number of nitrogens with one attached hydrogen (secondary N) is 1. The summed E-state index contributed by atoms with van der Waals surface area (Å²) in [5, 5.41) is 2.96. The lowest BCUT2D eigenvalue weighted by molar-refractivity contribution is -0.125. The van der Waals surface area contributed by atoms with E-state index in [4.69, 9.17) is 10.2 Å². The second kappa shape index (κ2) is 7.21. The van der Waals surface area contributed by atoms with Gasteiger partial charge in [-0.1, -0.05) is 13.3 Å². The van der Waals surface area contributed by atoms with E-state index in [9.17, 15) is 4.79 Å². The molecule has 0 aliphatic rings. The van der Waals surface area contributed by atoms with Crippen molar-refractivity contribution in [3.8, 4) is 0 Å². The summed E-state index contributed by atoms with van der Waals surface area (Å²) >= 11 is 0. The lowest BCUT2D eigenvalue weighted by Gasteiger charge is -2.16. The van der Waals surface area contributed by atoms with Crippen molar-refractivity contribution in [1.29, 1.82) is 0 Å². The molecule has 1 aromatic rings. The van der Waals surface area contributed by atoms with Crippen LogP contribution >= 0.6 is 0 Å². The number of rotatable bonds is 7. The predicted molar refractivity (Wildman–Crippen MR) is 71.9 cm³/mol. The quantitative estimate of drug-likeness (QED) is 0.783. The molecule has 0 aliphatic heterocycles. The third-order valence-electron chi connectivity index (χ3n) is 3.07. The molecule has 1 heterocycles. The van der Waals surface area contributed by atoms with Gasteiger partial charge >= 0.3 is 0 Å². The summed E-state index contributed by atoms with van der Waals surface area (Å²) < 4.78 is 5.26. The van der Waals surface area contributed by atoms with Gasteiger partial charge in [-0.15, -0.1) is 0 Å². The lowest BCUT2D eigenvalue weighted by atomic mass is 10.0. The van der Waals surface area contributed by atoms with Gasteiger partial charge in [-0.05, 0) is 38.8 Å². The van der Waals surface area contributed by atoms with Crippen molar-refractivity contribution in [1.82, 2.24) is 5.32 Å². The summed E-state index contributed by atoms with van der Waals surface area (Å²) in [6.45, 7) is 5.86. The molecule has 0 saturated heterocycles. The predicted octanol–water partition coefficient (Wildman–Crippen LogP) is 2.61. The first-order chi connectivity index (χ1) is 8.50. The van der Waals surface area contributed by atoms with E-state index in [0.717, 1.165) is 25.0 Å². The van der Waals surface area contributed by atoms with Crippen LogP contribution < -0.4 is 11.1 Å². The van der Waals surface area contributed by atoms with Crippen molar-refractivity contribution in [2.75, 3.05) is 0 Å². The average molecular weight is 252 g/mol. The van der Waals surface area contributed by atoms with Crippen LogP contribution in [0.3, 0.4) is 0 Å². The zero-order valence-electron chi connectivity index (χ0n) is 11.5. The lowest BCUT2D eigenvalue weighted by Crippen LogP contribution is -2.31. The van der Waals surface area contributed by atoms with E-state index in [1.54, 1.807) is 6.26 Å². The van der Waals surface area contributed by atoms with Gasteiger partial charge in [-0.3, -0.25) is 4.79 Å². The minimum Gasteiger partial charge on any atom is -0.467 e. The largest absolute Gasteiger partial charge is 0.467 e. The maximum Gasteiger partial charge on any atom is 0.223 e. The van der Waals surface area contributed by atoms with Crippen molar-refractivity contribution >= 4 is 5.91 Å². The van der Waals surface area contributed by atoms with Crippen molar-refractivity contribution < 1.29 is 9.21 Å². The van der Waals surface area contributed by atoms with Crippen LogP contribution in [-0.2, 0) is 4.79 Å². The molecule has 0 spiro atoms. The fourth-order valence-corrected chi connectivity index (χ4v) is 1.84. The second-order valence-corrected chi connectivity index (χ2v) is 5.05. The van der Waals surface area contributed by atoms with E-state index in [2.05, 4.69) is 5.32 Å². The zero-order valence-corrected chi connectivity index (χ0v) is 11.5. The van der Waals surface area contributed by atoms with Gasteiger partial charge in [0.1, 0.15) is 5.76 Å². The summed E-state index contributed by atoms with van der Waals surface area (Å²) in [4.78, 5) is 11.9. The third-order valence-corrected chi connectivity index (χ3v) is 3.07. The molecular weight excluding hydrogens is 228 g/mol. The van der Waals surface area contributed by atoms with Gasteiger partial charge in [0.15, 0.2) is 0 Å². The molecule has 1 aromatic heterocycles. The molecule has 3 atom stereocenters. The van der Waals surface area contributed by atoms with Crippen LogP contribution in [0.4, 0.5) is 0 Å². The molecule has 0 fully saturated rings. The molecule has 4 nitrogen and oxygen atoms in total. The van der Waals surface area contributed by atoms with Gasteiger partial charge < -0.3 is 15.5 Å². The monoisotopic (exact) mass is 252 g/mol. The molecule has 4 heteroatoms. The highest BCUT2D eigenvalue weighted by Gasteiger charge is 2.17. The fourth-order valence-electron chi connectivity index (χ4n) is 1.84. The number of furan rings is 1. The second-order valence-electron chi connectivity index (χ2n) is 5.05. The van der Waals surface area contributed by atoms with Crippen LogP contribution in [0.2, 0.25) is 0 Å². The number of nitrogens with two attached hydrogens (primary N) is 1. The summed E-state index contributed by atoms with van der Waals surface area (Å²) in [5.74, 6) is 0.871. The summed E-state index contributed by atoms with van der Waals surface area (Å²) in [7, 11) is 0. The van der Waals surface area contributed by atoms with E-state index in [1.807, 2.05) is 32.9 Å². The molecule has 18 heavy (non-hydrogen) atoms. The molecule has 1 rings (SSSR count). The van der Waals surface area contributed by atoms with Crippen LogP contribution in [0.15, 0.2) is 22.8 Å². The number of carbonyl (C=O) groups excluding carboxylic acids is 1. The van der Waals surface area contributed by atoms with Crippen LogP contribution in [0, 0.1) is 5.92 Å². The molecule has 0 bridgehead atoms. The Balaban J connectivity index is 2.31. The Hall–Kier alpha value is -1.29. The third kappa shape index (κ3) is 4.92. The Morgan fingerprint density at radius 1 is 1.39 bits per heavy atom. The van der Waals surface area contributed by atoms with Crippen molar-refractivity contribution in [2.24, 2.45) is 11.7 Å². The van der Waals surface area contributed by atoms with E-state index in [-0.39, 0.29) is 23.9 Å². The molecular formula is C14H24N2O2. The Morgan fingerprint density at radius 2 is 2.11 bits per heavy atom. The molecule has 0 aromatic carbocycles. The molecule has 3 N–H and O–H groups in total. The Bertz CT molecular complexity index is 347. The summed E-state index contributed by atoms with van der Waals surface area (Å²) in [6, 6.07) is 3.82. The maximum atomic E-state index is 11.9. The van der Waals surface area contributed by atoms with Gasteiger partial charge in [-0.2, -0.15) is 0 Å². The van der Waals surface area contributed by atoms with Crippen LogP contribution in [0.5, 0.6) is 0 Å². The maximum absolute atomic E-state index is 11.9. The van der Waals surface area contributed by atoms with E-state index < -0.39 is 0 Å². The molecule has 0 aliphatic carbocycles. The number of hydrogen-bond acceptors (Lipinski definition) is 3. The van der Waals surface area contributed by atoms with Crippen molar-refractivity contribution in [3.05, 3.63) is 24.2 Å². The molecule has 0 radical (unpaired) electrons. The number of hydrogen-bond donors (Lipinski definition) is 2. The first kappa shape index (κ1) is 14.8.